The molecule has 0 bridgehead atoms. The number of likely N-dealkylation sites (tertiary alicyclic amines) is 1. The Morgan fingerprint density at radius 2 is 2.00 bits per heavy atom. The van der Waals surface area contributed by atoms with E-state index in [1.165, 1.54) is 12.8 Å². The molecule has 3 heteroatoms. The molecule has 1 aliphatic heterocycles. The maximum atomic E-state index is 12.4. The van der Waals surface area contributed by atoms with Gasteiger partial charge in [-0.2, -0.15) is 5.26 Å². The summed E-state index contributed by atoms with van der Waals surface area (Å²) in [4.78, 5) is 14.4. The Labute approximate surface area is 110 Å². The molecule has 0 N–H and O–H groups in total. The number of rotatable bonds is 3. The first-order valence-electron chi connectivity index (χ1n) is 7.32. The first-order valence-corrected chi connectivity index (χ1v) is 7.32. The number of nitrogens with zero attached hydrogens (tertiary/aromatic N) is 2. The molecule has 1 saturated heterocycles. The predicted octanol–water partition coefficient (Wildman–Crippen LogP) is 2.96. The fourth-order valence-corrected chi connectivity index (χ4v) is 3.58. The van der Waals surface area contributed by atoms with Gasteiger partial charge in [0, 0.05) is 13.1 Å². The van der Waals surface area contributed by atoms with Crippen LogP contribution in [0.25, 0.3) is 0 Å². The fraction of sp³-hybridized carbons (Fsp3) is 0.867. The Bertz CT molecular complexity index is 344. The average molecular weight is 248 g/mol. The molecule has 1 saturated carbocycles. The van der Waals surface area contributed by atoms with Crippen molar-refractivity contribution in [2.75, 3.05) is 13.1 Å². The van der Waals surface area contributed by atoms with E-state index >= 15 is 0 Å². The smallest absolute Gasteiger partial charge is 0.243 e. The van der Waals surface area contributed by atoms with E-state index in [-0.39, 0.29) is 5.91 Å². The molecule has 0 atom stereocenters. The maximum absolute atomic E-state index is 12.4. The minimum atomic E-state index is -0.670. The van der Waals surface area contributed by atoms with Gasteiger partial charge in [-0.05, 0) is 37.5 Å². The van der Waals surface area contributed by atoms with Crippen LogP contribution in [0.5, 0.6) is 0 Å². The van der Waals surface area contributed by atoms with E-state index in [9.17, 15) is 10.1 Å². The molecule has 100 valence electrons. The van der Waals surface area contributed by atoms with Crippen LogP contribution in [0.4, 0.5) is 0 Å². The first kappa shape index (κ1) is 13.4. The molecule has 2 aliphatic rings. The van der Waals surface area contributed by atoms with Gasteiger partial charge in [-0.1, -0.05) is 26.7 Å². The molecule has 1 amide bonds. The summed E-state index contributed by atoms with van der Waals surface area (Å²) in [5.74, 6) is 1.43. The third kappa shape index (κ3) is 2.39. The lowest BCUT2D eigenvalue weighted by molar-refractivity contribution is -0.146. The zero-order valence-electron chi connectivity index (χ0n) is 11.6. The van der Waals surface area contributed by atoms with Crippen LogP contribution < -0.4 is 0 Å². The summed E-state index contributed by atoms with van der Waals surface area (Å²) in [6.07, 6.45) is 6.28. The second-order valence-electron chi connectivity index (χ2n) is 6.23. The topological polar surface area (TPSA) is 44.1 Å². The van der Waals surface area contributed by atoms with Gasteiger partial charge in [0.2, 0.25) is 5.91 Å². The Balaban J connectivity index is 1.90. The molecular weight excluding hydrogens is 224 g/mol. The molecule has 2 rings (SSSR count). The summed E-state index contributed by atoms with van der Waals surface area (Å²) in [5, 5.41) is 9.29. The van der Waals surface area contributed by atoms with Crippen molar-refractivity contribution in [3.8, 4) is 6.07 Å². The molecule has 0 aromatic carbocycles. The quantitative estimate of drug-likeness (QED) is 0.770. The summed E-state index contributed by atoms with van der Waals surface area (Å²) in [5.41, 5.74) is -0.670. The van der Waals surface area contributed by atoms with Crippen LogP contribution in [0.3, 0.4) is 0 Å². The highest BCUT2D eigenvalue weighted by Crippen LogP contribution is 2.46. The highest BCUT2D eigenvalue weighted by molar-refractivity contribution is 5.86. The highest BCUT2D eigenvalue weighted by Gasteiger charge is 2.50. The third-order valence-electron chi connectivity index (χ3n) is 4.62. The molecule has 1 heterocycles. The fourth-order valence-electron chi connectivity index (χ4n) is 3.58. The normalized spacial score (nSPS) is 32.7. The van der Waals surface area contributed by atoms with Gasteiger partial charge in [0.1, 0.15) is 5.41 Å². The van der Waals surface area contributed by atoms with Gasteiger partial charge in [-0.15, -0.1) is 0 Å². The lowest BCUT2D eigenvalue weighted by atomic mass is 9.62. The van der Waals surface area contributed by atoms with Gasteiger partial charge in [-0.25, -0.2) is 0 Å². The zero-order valence-corrected chi connectivity index (χ0v) is 11.6. The van der Waals surface area contributed by atoms with Crippen LogP contribution in [-0.2, 0) is 4.79 Å². The van der Waals surface area contributed by atoms with Gasteiger partial charge >= 0.3 is 0 Å². The van der Waals surface area contributed by atoms with Crippen LogP contribution in [0, 0.1) is 28.6 Å². The minimum Gasteiger partial charge on any atom is -0.341 e. The van der Waals surface area contributed by atoms with Crippen molar-refractivity contribution in [3.05, 3.63) is 0 Å². The molecule has 3 nitrogen and oxygen atoms in total. The predicted molar refractivity (Wildman–Crippen MR) is 70.7 cm³/mol. The van der Waals surface area contributed by atoms with Gasteiger partial charge in [0.05, 0.1) is 6.07 Å². The molecule has 0 aromatic heterocycles. The lowest BCUT2D eigenvalue weighted by Crippen LogP contribution is -2.52. The van der Waals surface area contributed by atoms with E-state index in [0.29, 0.717) is 5.92 Å². The number of piperidine rings is 1. The summed E-state index contributed by atoms with van der Waals surface area (Å²) in [7, 11) is 0. The molecular formula is C15H24N2O. The SMILES string of the molecule is CCCC1CCN(C(=O)C2(C#N)CC(C)C2)CC1. The van der Waals surface area contributed by atoms with Gasteiger partial charge in [-0.3, -0.25) is 4.79 Å². The number of hydrogen-bond donors (Lipinski definition) is 0. The largest absolute Gasteiger partial charge is 0.341 e. The Kier molecular flexibility index (Phi) is 3.94. The molecule has 0 spiro atoms. The Morgan fingerprint density at radius 3 is 2.44 bits per heavy atom. The minimum absolute atomic E-state index is 0.109. The van der Waals surface area contributed by atoms with Crippen molar-refractivity contribution in [1.29, 1.82) is 5.26 Å². The van der Waals surface area contributed by atoms with Crippen molar-refractivity contribution in [1.82, 2.24) is 4.90 Å². The van der Waals surface area contributed by atoms with Crippen LogP contribution in [0.2, 0.25) is 0 Å². The summed E-state index contributed by atoms with van der Waals surface area (Å²) in [6.45, 7) is 6.07. The van der Waals surface area contributed by atoms with E-state index < -0.39 is 5.41 Å². The summed E-state index contributed by atoms with van der Waals surface area (Å²) in [6, 6.07) is 2.29. The second kappa shape index (κ2) is 5.30. The zero-order chi connectivity index (χ0) is 13.2. The van der Waals surface area contributed by atoms with Crippen LogP contribution in [0.1, 0.15) is 52.4 Å². The van der Waals surface area contributed by atoms with Crippen LogP contribution in [-0.4, -0.2) is 23.9 Å². The van der Waals surface area contributed by atoms with Gasteiger partial charge in [0.15, 0.2) is 0 Å². The van der Waals surface area contributed by atoms with Gasteiger partial charge < -0.3 is 4.90 Å². The molecule has 18 heavy (non-hydrogen) atoms. The van der Waals surface area contributed by atoms with E-state index in [0.717, 1.165) is 44.7 Å². The summed E-state index contributed by atoms with van der Waals surface area (Å²) >= 11 is 0. The summed E-state index contributed by atoms with van der Waals surface area (Å²) < 4.78 is 0. The maximum Gasteiger partial charge on any atom is 0.243 e. The first-order chi connectivity index (χ1) is 8.61. The van der Waals surface area contributed by atoms with E-state index in [2.05, 4.69) is 19.9 Å². The standard InChI is InChI=1S/C15H24N2O/c1-3-4-13-5-7-17(8-6-13)14(18)15(11-16)9-12(2)10-15/h12-13H,3-10H2,1-2H3. The molecule has 2 fully saturated rings. The van der Waals surface area contributed by atoms with E-state index in [4.69, 9.17) is 0 Å². The Morgan fingerprint density at radius 1 is 1.39 bits per heavy atom. The molecule has 1 aliphatic carbocycles. The second-order valence-corrected chi connectivity index (χ2v) is 6.23. The van der Waals surface area contributed by atoms with E-state index in [1.807, 2.05) is 4.90 Å². The monoisotopic (exact) mass is 248 g/mol. The number of amides is 1. The lowest BCUT2D eigenvalue weighted by Gasteiger charge is -2.44. The van der Waals surface area contributed by atoms with Crippen molar-refractivity contribution < 1.29 is 4.79 Å². The number of nitriles is 1. The number of hydrogen-bond acceptors (Lipinski definition) is 2. The van der Waals surface area contributed by atoms with Crippen molar-refractivity contribution >= 4 is 5.91 Å². The van der Waals surface area contributed by atoms with Crippen LogP contribution >= 0.6 is 0 Å². The Hall–Kier alpha value is -1.04. The molecule has 0 unspecified atom stereocenters. The van der Waals surface area contributed by atoms with Crippen LogP contribution in [0.15, 0.2) is 0 Å². The number of carbonyl (C=O) groups excluding carboxylic acids is 1. The highest BCUT2D eigenvalue weighted by atomic mass is 16.2. The number of carbonyl (C=O) groups is 1. The third-order valence-corrected chi connectivity index (χ3v) is 4.62. The van der Waals surface area contributed by atoms with Crippen molar-refractivity contribution in [3.63, 3.8) is 0 Å². The van der Waals surface area contributed by atoms with E-state index in [1.54, 1.807) is 0 Å². The van der Waals surface area contributed by atoms with Gasteiger partial charge in [0.25, 0.3) is 0 Å². The molecule has 0 radical (unpaired) electrons. The average Bonchev–Trinajstić information content (AvgIpc) is 2.35. The van der Waals surface area contributed by atoms with Crippen molar-refractivity contribution in [2.24, 2.45) is 17.3 Å². The molecule has 0 aromatic rings. The van der Waals surface area contributed by atoms with Crippen molar-refractivity contribution in [2.45, 2.75) is 52.4 Å².